The number of thioether (sulfide) groups is 1. The van der Waals surface area contributed by atoms with Gasteiger partial charge in [0, 0.05) is 16.7 Å². The number of nitrogens with one attached hydrogen (secondary N) is 1. The van der Waals surface area contributed by atoms with Crippen molar-refractivity contribution in [2.45, 2.75) is 31.5 Å². The number of nitrogens with zero attached hydrogens (tertiary/aromatic N) is 2. The number of halogens is 1. The molecule has 0 saturated carbocycles. The zero-order valence-corrected chi connectivity index (χ0v) is 19.6. The van der Waals surface area contributed by atoms with Crippen LogP contribution in [-0.4, -0.2) is 34.3 Å². The predicted octanol–water partition coefficient (Wildman–Crippen LogP) is 4.48. The maximum Gasteiger partial charge on any atom is 0.337 e. The Hall–Kier alpha value is -2.65. The molecule has 0 aliphatic carbocycles. The summed E-state index contributed by atoms with van der Waals surface area (Å²) in [6, 6.07) is 12.0. The minimum Gasteiger partial charge on any atom is -0.465 e. The molecule has 2 aromatic carbocycles. The standard InChI is InChI=1S/C22H22BrN3O4S/c1-3-4-11-26-20(28)17-10-5-14(21(29)30-2)12-18(17)25-22(26)31-13-19(27)24-16-8-6-15(23)7-9-16/h5-10,12H,3-4,11,13H2,1-2H3,(H,24,27). The SMILES string of the molecule is CCCCn1c(SCC(=O)Nc2ccc(Br)cc2)nc2cc(C(=O)OC)ccc2c1=O. The monoisotopic (exact) mass is 503 g/mol. The molecule has 0 bridgehead atoms. The third-order valence-corrected chi connectivity index (χ3v) is 6.04. The molecule has 0 atom stereocenters. The number of carbonyl (C=O) groups excluding carboxylic acids is 2. The van der Waals surface area contributed by atoms with E-state index in [-0.39, 0.29) is 17.2 Å². The second-order valence-corrected chi connectivity index (χ2v) is 8.63. The number of esters is 1. The largest absolute Gasteiger partial charge is 0.465 e. The fourth-order valence-corrected chi connectivity index (χ4v) is 4.02. The van der Waals surface area contributed by atoms with Crippen LogP contribution in [-0.2, 0) is 16.1 Å². The zero-order valence-electron chi connectivity index (χ0n) is 17.2. The minimum atomic E-state index is -0.498. The summed E-state index contributed by atoms with van der Waals surface area (Å²) in [6.07, 6.45) is 1.73. The van der Waals surface area contributed by atoms with Crippen LogP contribution in [0.5, 0.6) is 0 Å². The molecule has 0 unspecified atom stereocenters. The van der Waals surface area contributed by atoms with Crippen LogP contribution in [0, 0.1) is 0 Å². The molecule has 7 nitrogen and oxygen atoms in total. The van der Waals surface area contributed by atoms with Crippen molar-refractivity contribution in [1.29, 1.82) is 0 Å². The van der Waals surface area contributed by atoms with Gasteiger partial charge in [0.2, 0.25) is 5.91 Å². The molecular formula is C22H22BrN3O4S. The number of methoxy groups -OCH3 is 1. The summed E-state index contributed by atoms with van der Waals surface area (Å²) in [7, 11) is 1.30. The number of anilines is 1. The molecule has 1 aromatic heterocycles. The van der Waals surface area contributed by atoms with E-state index >= 15 is 0 Å². The highest BCUT2D eigenvalue weighted by atomic mass is 79.9. The van der Waals surface area contributed by atoms with Gasteiger partial charge in [-0.2, -0.15) is 0 Å². The Bertz CT molecular complexity index is 1160. The Morgan fingerprint density at radius 3 is 2.61 bits per heavy atom. The van der Waals surface area contributed by atoms with Crippen molar-refractivity contribution >= 4 is 56.2 Å². The highest BCUT2D eigenvalue weighted by molar-refractivity contribution is 9.10. The van der Waals surface area contributed by atoms with Gasteiger partial charge < -0.3 is 10.1 Å². The first-order valence-electron chi connectivity index (χ1n) is 9.74. The topological polar surface area (TPSA) is 90.3 Å². The highest BCUT2D eigenvalue weighted by Crippen LogP contribution is 2.21. The Morgan fingerprint density at radius 1 is 1.19 bits per heavy atom. The average molecular weight is 504 g/mol. The molecule has 0 fully saturated rings. The first-order chi connectivity index (χ1) is 14.9. The lowest BCUT2D eigenvalue weighted by Crippen LogP contribution is -2.24. The van der Waals surface area contributed by atoms with Gasteiger partial charge in [-0.1, -0.05) is 41.0 Å². The number of benzene rings is 2. The quantitative estimate of drug-likeness (QED) is 0.277. The van der Waals surface area contributed by atoms with Crippen LogP contribution < -0.4 is 10.9 Å². The molecule has 0 spiro atoms. The third-order valence-electron chi connectivity index (χ3n) is 4.54. The summed E-state index contributed by atoms with van der Waals surface area (Å²) in [5, 5.41) is 3.70. The van der Waals surface area contributed by atoms with Gasteiger partial charge in [-0.3, -0.25) is 14.2 Å². The molecular weight excluding hydrogens is 482 g/mol. The van der Waals surface area contributed by atoms with E-state index in [1.807, 2.05) is 19.1 Å². The number of aromatic nitrogens is 2. The third kappa shape index (κ3) is 5.74. The number of fused-ring (bicyclic) bond motifs is 1. The van der Waals surface area contributed by atoms with Crippen molar-refractivity contribution in [2.24, 2.45) is 0 Å². The lowest BCUT2D eigenvalue weighted by Gasteiger charge is -2.13. The van der Waals surface area contributed by atoms with E-state index in [4.69, 9.17) is 4.74 Å². The van der Waals surface area contributed by atoms with Crippen LogP contribution in [0.1, 0.15) is 30.1 Å². The van der Waals surface area contributed by atoms with Crippen molar-refractivity contribution in [2.75, 3.05) is 18.2 Å². The molecule has 162 valence electrons. The molecule has 31 heavy (non-hydrogen) atoms. The summed E-state index contributed by atoms with van der Waals surface area (Å²) in [4.78, 5) is 41.9. The minimum absolute atomic E-state index is 0.0941. The van der Waals surface area contributed by atoms with Crippen molar-refractivity contribution < 1.29 is 14.3 Å². The summed E-state index contributed by atoms with van der Waals surface area (Å²) in [5.41, 5.74) is 1.21. The van der Waals surface area contributed by atoms with Crippen molar-refractivity contribution in [3.8, 4) is 0 Å². The van der Waals surface area contributed by atoms with E-state index in [2.05, 4.69) is 26.2 Å². The van der Waals surface area contributed by atoms with Crippen LogP contribution in [0.25, 0.3) is 10.9 Å². The molecule has 0 radical (unpaired) electrons. The summed E-state index contributed by atoms with van der Waals surface area (Å²) in [5.74, 6) is -0.606. The number of hydrogen-bond acceptors (Lipinski definition) is 6. The number of rotatable bonds is 8. The fraction of sp³-hybridized carbons (Fsp3) is 0.273. The van der Waals surface area contributed by atoms with Crippen LogP contribution in [0.2, 0.25) is 0 Å². The summed E-state index contributed by atoms with van der Waals surface area (Å²) in [6.45, 7) is 2.55. The van der Waals surface area contributed by atoms with Crippen LogP contribution in [0.4, 0.5) is 5.69 Å². The summed E-state index contributed by atoms with van der Waals surface area (Å²) < 4.78 is 7.28. The van der Waals surface area contributed by atoms with Crippen molar-refractivity contribution in [3.05, 3.63) is 62.9 Å². The summed E-state index contributed by atoms with van der Waals surface area (Å²) >= 11 is 4.55. The van der Waals surface area contributed by atoms with Crippen molar-refractivity contribution in [3.63, 3.8) is 0 Å². The highest BCUT2D eigenvalue weighted by Gasteiger charge is 2.15. The van der Waals surface area contributed by atoms with E-state index < -0.39 is 5.97 Å². The maximum atomic E-state index is 13.1. The van der Waals surface area contributed by atoms with Gasteiger partial charge in [0.1, 0.15) is 0 Å². The van der Waals surface area contributed by atoms with Gasteiger partial charge in [-0.15, -0.1) is 0 Å². The molecule has 1 heterocycles. The van der Waals surface area contributed by atoms with Gasteiger partial charge in [0.25, 0.3) is 5.56 Å². The lowest BCUT2D eigenvalue weighted by molar-refractivity contribution is -0.113. The first-order valence-corrected chi connectivity index (χ1v) is 11.5. The van der Waals surface area contributed by atoms with Gasteiger partial charge in [-0.05, 0) is 48.9 Å². The molecule has 3 rings (SSSR count). The molecule has 1 amide bonds. The number of unbranched alkanes of at least 4 members (excludes halogenated alkanes) is 1. The molecule has 9 heteroatoms. The molecule has 0 aliphatic heterocycles. The Labute approximate surface area is 192 Å². The van der Waals surface area contributed by atoms with E-state index in [0.717, 1.165) is 17.3 Å². The van der Waals surface area contributed by atoms with Gasteiger partial charge in [-0.25, -0.2) is 9.78 Å². The number of amides is 1. The Kier molecular flexibility index (Phi) is 7.86. The average Bonchev–Trinajstić information content (AvgIpc) is 2.77. The number of carbonyl (C=O) groups is 2. The van der Waals surface area contributed by atoms with Crippen LogP contribution in [0.15, 0.2) is 56.9 Å². The Morgan fingerprint density at radius 2 is 1.94 bits per heavy atom. The second kappa shape index (κ2) is 10.6. The number of ether oxygens (including phenoxy) is 1. The van der Waals surface area contributed by atoms with E-state index in [0.29, 0.717) is 33.9 Å². The van der Waals surface area contributed by atoms with Gasteiger partial charge in [0.15, 0.2) is 5.16 Å². The molecule has 0 aliphatic rings. The molecule has 1 N–H and O–H groups in total. The maximum absolute atomic E-state index is 13.1. The van der Waals surface area contributed by atoms with Crippen LogP contribution in [0.3, 0.4) is 0 Å². The normalized spacial score (nSPS) is 10.8. The predicted molar refractivity (Wildman–Crippen MR) is 126 cm³/mol. The smallest absolute Gasteiger partial charge is 0.337 e. The van der Waals surface area contributed by atoms with Crippen LogP contribution >= 0.6 is 27.7 Å². The van der Waals surface area contributed by atoms with E-state index in [1.165, 1.54) is 18.9 Å². The van der Waals surface area contributed by atoms with E-state index in [9.17, 15) is 14.4 Å². The number of hydrogen-bond donors (Lipinski definition) is 1. The van der Waals surface area contributed by atoms with Crippen molar-refractivity contribution in [1.82, 2.24) is 9.55 Å². The van der Waals surface area contributed by atoms with Gasteiger partial charge >= 0.3 is 5.97 Å². The second-order valence-electron chi connectivity index (χ2n) is 6.77. The fourth-order valence-electron chi connectivity index (χ4n) is 2.93. The first kappa shape index (κ1) is 23.0. The molecule has 3 aromatic rings. The molecule has 0 saturated heterocycles. The Balaban J connectivity index is 1.88. The van der Waals surface area contributed by atoms with E-state index in [1.54, 1.807) is 34.9 Å². The zero-order chi connectivity index (χ0) is 22.4. The van der Waals surface area contributed by atoms with Gasteiger partial charge in [0.05, 0.1) is 29.3 Å². The lowest BCUT2D eigenvalue weighted by atomic mass is 10.1.